The first-order valence-corrected chi connectivity index (χ1v) is 32.1. The van der Waals surface area contributed by atoms with Gasteiger partial charge in [-0.15, -0.1) is 0 Å². The number of ether oxygens (including phenoxy) is 2. The van der Waals surface area contributed by atoms with Crippen molar-refractivity contribution in [3.05, 3.63) is 83.6 Å². The highest BCUT2D eigenvalue weighted by Crippen LogP contribution is 2.54. The minimum atomic E-state index is -5.24. The zero-order valence-corrected chi connectivity index (χ0v) is 46.0. The van der Waals surface area contributed by atoms with Gasteiger partial charge >= 0.3 is 5.97 Å². The molecular weight excluding hydrogens is 1120 g/mol. The first kappa shape index (κ1) is 60.4. The molecule has 24 nitrogen and oxygen atoms in total. The van der Waals surface area contributed by atoms with Crippen LogP contribution in [0.3, 0.4) is 0 Å². The Morgan fingerprint density at radius 2 is 1.17 bits per heavy atom. The number of allylic oxidation sites excluding steroid dienone is 4. The van der Waals surface area contributed by atoms with Crippen LogP contribution >= 0.6 is 0 Å². The van der Waals surface area contributed by atoms with Gasteiger partial charge in [0.1, 0.15) is 16.3 Å². The van der Waals surface area contributed by atoms with E-state index in [0.29, 0.717) is 41.9 Å². The number of carbonyl (C=O) groups is 1. The van der Waals surface area contributed by atoms with Crippen LogP contribution in [0.4, 0.5) is 11.4 Å². The van der Waals surface area contributed by atoms with E-state index in [1.165, 1.54) is 37.5 Å². The molecule has 76 heavy (non-hydrogen) atoms. The Bertz CT molecular complexity index is 3780. The Kier molecular flexibility index (Phi) is 17.9. The van der Waals surface area contributed by atoms with E-state index in [1.807, 2.05) is 4.90 Å². The maximum absolute atomic E-state index is 12.9. The first-order chi connectivity index (χ1) is 35.0. The quantitative estimate of drug-likeness (QED) is 0.0241. The molecule has 0 aliphatic carbocycles. The molecule has 0 radical (unpaired) electrons. The highest BCUT2D eigenvalue weighted by molar-refractivity contribution is 7.87. The Balaban J connectivity index is 1.69. The van der Waals surface area contributed by atoms with Gasteiger partial charge in [0.25, 0.3) is 60.7 Å². The molecule has 0 saturated heterocycles. The topological polar surface area (TPSA) is 388 Å². The van der Waals surface area contributed by atoms with Crippen LogP contribution in [0.1, 0.15) is 76.3 Å². The summed E-state index contributed by atoms with van der Waals surface area (Å²) in [5.41, 5.74) is -1.19. The summed E-state index contributed by atoms with van der Waals surface area (Å²) in [7, 11) is -28.5. The molecule has 418 valence electrons. The van der Waals surface area contributed by atoms with Gasteiger partial charge in [0, 0.05) is 78.4 Å². The van der Waals surface area contributed by atoms with Gasteiger partial charge in [-0.05, 0) is 105 Å². The van der Waals surface area contributed by atoms with Gasteiger partial charge < -0.3 is 19.5 Å². The molecular formula is C46H57N2O22S6+. The van der Waals surface area contributed by atoms with Crippen molar-refractivity contribution in [2.24, 2.45) is 0 Å². The molecule has 0 bridgehead atoms. The maximum atomic E-state index is 12.9. The van der Waals surface area contributed by atoms with E-state index in [-0.39, 0.29) is 110 Å². The zero-order valence-electron chi connectivity index (χ0n) is 41.1. The number of carboxylic acid groups (broad SMARTS) is 1. The lowest BCUT2D eigenvalue weighted by Gasteiger charge is -2.31. The van der Waals surface area contributed by atoms with Crippen molar-refractivity contribution in [2.75, 3.05) is 56.4 Å². The van der Waals surface area contributed by atoms with Crippen molar-refractivity contribution in [2.45, 2.75) is 95.6 Å². The number of rotatable bonds is 26. The van der Waals surface area contributed by atoms with Crippen LogP contribution in [0.5, 0.6) is 0 Å². The molecule has 2 unspecified atom stereocenters. The molecule has 2 heterocycles. The lowest BCUT2D eigenvalue weighted by molar-refractivity contribution is -0.437. The largest absolute Gasteiger partial charge is 0.481 e. The molecule has 2 aliphatic heterocycles. The smallest absolute Gasteiger partial charge is 0.303 e. The van der Waals surface area contributed by atoms with Crippen LogP contribution in [0, 0.1) is 0 Å². The van der Waals surface area contributed by atoms with E-state index in [9.17, 15) is 87.7 Å². The number of benzene rings is 4. The third-order valence-electron chi connectivity index (χ3n) is 13.5. The number of hydrogen-bond acceptors (Lipinski definition) is 16. The predicted molar refractivity (Wildman–Crippen MR) is 276 cm³/mol. The van der Waals surface area contributed by atoms with E-state index >= 15 is 0 Å². The number of unbranched alkanes of at least 4 members (excludes halogenated alkanes) is 2. The molecule has 2 aliphatic rings. The third kappa shape index (κ3) is 13.5. The van der Waals surface area contributed by atoms with Crippen molar-refractivity contribution < 1.29 is 102 Å². The van der Waals surface area contributed by atoms with Crippen LogP contribution in [0.15, 0.2) is 92.0 Å². The lowest BCUT2D eigenvalue weighted by atomic mass is 9.74. The number of anilines is 1. The van der Waals surface area contributed by atoms with Crippen molar-refractivity contribution in [3.8, 4) is 0 Å². The summed E-state index contributed by atoms with van der Waals surface area (Å²) < 4.78 is 224. The first-order valence-electron chi connectivity index (χ1n) is 23.2. The Hall–Kier alpha value is -4.80. The van der Waals surface area contributed by atoms with Crippen molar-refractivity contribution >= 4 is 105 Å². The standard InChI is InChI=1S/C46H56N2O22S6/c1-45(17-8-24-71(51,52)53)40(48(20-9-25-72(54,55)56)36-15-13-32-34(43(36)45)26-30(73(57,58)59)28-38(32)75(63,64)65)10-7-11-41-46(2,18-21-70-23-22-69-3)44-35-27-31(74(60,61)62)29-39(76(66,67)68)33(35)14-16-37(44)47(41)19-6-4-5-12-42(49)50/h7,10-11,13-16,26-29H,4-6,8-9,12,17-25H2,1-3H3,(H6-,49,50,51,52,53,54,55,56,57,58,59,60,61,62,63,64,65,66,67,68)/p+1. The summed E-state index contributed by atoms with van der Waals surface area (Å²) in [6.07, 6.45) is 4.87. The van der Waals surface area contributed by atoms with Crippen molar-refractivity contribution in [3.63, 3.8) is 0 Å². The van der Waals surface area contributed by atoms with Crippen LogP contribution < -0.4 is 4.90 Å². The second-order valence-electron chi connectivity index (χ2n) is 18.7. The van der Waals surface area contributed by atoms with E-state index in [0.717, 1.165) is 12.1 Å². The molecule has 7 N–H and O–H groups in total. The number of carboxylic acids is 1. The number of hydrogen-bond donors (Lipinski definition) is 7. The Morgan fingerprint density at radius 1 is 0.618 bits per heavy atom. The molecule has 30 heteroatoms. The van der Waals surface area contributed by atoms with E-state index in [1.54, 1.807) is 30.6 Å². The second kappa shape index (κ2) is 22.5. The van der Waals surface area contributed by atoms with E-state index in [4.69, 9.17) is 9.47 Å². The minimum Gasteiger partial charge on any atom is -0.481 e. The van der Waals surface area contributed by atoms with E-state index < -0.39 is 109 Å². The Morgan fingerprint density at radius 3 is 1.70 bits per heavy atom. The molecule has 0 spiro atoms. The second-order valence-corrected chi connectivity index (χ2v) is 27.5. The van der Waals surface area contributed by atoms with Crippen LogP contribution in [-0.2, 0) is 85.8 Å². The normalized spacial score (nSPS) is 19.2. The fourth-order valence-electron chi connectivity index (χ4n) is 10.2. The highest BCUT2D eigenvalue weighted by Gasteiger charge is 2.50. The number of methoxy groups -OCH3 is 1. The fraction of sp³-hybridized carbons (Fsp3) is 0.435. The van der Waals surface area contributed by atoms with E-state index in [2.05, 4.69) is 0 Å². The van der Waals surface area contributed by atoms with Gasteiger partial charge in [-0.3, -0.25) is 32.1 Å². The van der Waals surface area contributed by atoms with Gasteiger partial charge in [0.05, 0.1) is 39.9 Å². The Labute approximate surface area is 440 Å². The minimum absolute atomic E-state index is 0.00340. The van der Waals surface area contributed by atoms with Crippen LogP contribution in [0.25, 0.3) is 21.5 Å². The van der Waals surface area contributed by atoms with Gasteiger partial charge in [-0.25, -0.2) is 0 Å². The molecule has 0 fully saturated rings. The third-order valence-corrected chi connectivity index (χ3v) is 18.5. The van der Waals surface area contributed by atoms with Gasteiger partial charge in [0.15, 0.2) is 5.71 Å². The monoisotopic (exact) mass is 1180 g/mol. The van der Waals surface area contributed by atoms with Crippen molar-refractivity contribution in [1.29, 1.82) is 0 Å². The van der Waals surface area contributed by atoms with Crippen LogP contribution in [0.2, 0.25) is 0 Å². The number of nitrogens with zero attached hydrogens (tertiary/aromatic N) is 2. The summed E-state index contributed by atoms with van der Waals surface area (Å²) >= 11 is 0. The molecule has 0 saturated carbocycles. The molecule has 4 aromatic rings. The molecule has 2 atom stereocenters. The summed E-state index contributed by atoms with van der Waals surface area (Å²) in [6, 6.07) is 8.66. The average molecular weight is 1180 g/mol. The summed E-state index contributed by atoms with van der Waals surface area (Å²) in [6.45, 7) is 3.55. The molecule has 0 aromatic heterocycles. The summed E-state index contributed by atoms with van der Waals surface area (Å²) in [5, 5.41) is 8.80. The number of fused-ring (bicyclic) bond motifs is 6. The molecule has 4 aromatic carbocycles. The maximum Gasteiger partial charge on any atom is 0.303 e. The SMILES string of the molecule is COCCOCCC1(C)/C(=C\C=C\C2=[N+](CCCS(=O)(=O)O)c3ccc4c(S(=O)(=O)O)cc(S(=O)(=O)O)cc4c3C2(C)CCCS(=O)(=O)O)N(CCCCCC(=O)O)c2ccc3c(S(=O)(=O)O)cc(S(=O)(=O)O)cc3c21. The average Bonchev–Trinajstić information content (AvgIpc) is 3.66. The molecule has 0 amide bonds. The van der Waals surface area contributed by atoms with Gasteiger partial charge in [-0.1, -0.05) is 18.6 Å². The summed E-state index contributed by atoms with van der Waals surface area (Å²) in [5.74, 6) is -2.61. The number of aliphatic carboxylic acids is 1. The van der Waals surface area contributed by atoms with Crippen molar-refractivity contribution in [1.82, 2.24) is 0 Å². The molecule has 6 rings (SSSR count). The summed E-state index contributed by atoms with van der Waals surface area (Å²) in [4.78, 5) is 9.67. The van der Waals surface area contributed by atoms with Crippen LogP contribution in [-0.4, -0.2) is 151 Å². The predicted octanol–water partition coefficient (Wildman–Crippen LogP) is 5.20. The highest BCUT2D eigenvalue weighted by atomic mass is 32.2. The van der Waals surface area contributed by atoms with Gasteiger partial charge in [-0.2, -0.15) is 55.1 Å². The zero-order chi connectivity index (χ0) is 56.6. The van der Waals surface area contributed by atoms with Gasteiger partial charge in [0.2, 0.25) is 5.69 Å². The fourth-order valence-corrected chi connectivity index (χ4v) is 13.9. The lowest BCUT2D eigenvalue weighted by Crippen LogP contribution is -2.33.